The number of pyridine rings is 1. The summed E-state index contributed by atoms with van der Waals surface area (Å²) in [6, 6.07) is 5.82. The minimum atomic E-state index is -0.554. The van der Waals surface area contributed by atoms with Gasteiger partial charge in [0.05, 0.1) is 23.4 Å². The number of nitrogens with two attached hydrogens (primary N) is 1. The standard InChI is InChI=1S/C15H16ClFN2O/c1-9(2)20-11-6-10(7-19-8-11)15(18)12-4-3-5-13(17)14(12)16/h3-9,15H,18H2,1-2H3. The van der Waals surface area contributed by atoms with E-state index < -0.39 is 11.9 Å². The molecule has 0 fully saturated rings. The van der Waals surface area contributed by atoms with Crippen molar-refractivity contribution in [2.45, 2.75) is 26.0 Å². The van der Waals surface area contributed by atoms with Crippen LogP contribution in [-0.4, -0.2) is 11.1 Å². The number of ether oxygens (including phenoxy) is 1. The Hall–Kier alpha value is -1.65. The van der Waals surface area contributed by atoms with Crippen molar-refractivity contribution in [3.63, 3.8) is 0 Å². The van der Waals surface area contributed by atoms with E-state index in [1.807, 2.05) is 13.8 Å². The molecule has 0 aliphatic heterocycles. The summed E-state index contributed by atoms with van der Waals surface area (Å²) in [4.78, 5) is 4.09. The molecule has 0 spiro atoms. The Bertz CT molecular complexity index is 604. The van der Waals surface area contributed by atoms with Gasteiger partial charge < -0.3 is 10.5 Å². The third-order valence-corrected chi connectivity index (χ3v) is 3.18. The summed E-state index contributed by atoms with van der Waals surface area (Å²) in [5, 5.41) is 0.0372. The van der Waals surface area contributed by atoms with E-state index in [0.29, 0.717) is 11.3 Å². The smallest absolute Gasteiger partial charge is 0.142 e. The highest BCUT2D eigenvalue weighted by Crippen LogP contribution is 2.29. The van der Waals surface area contributed by atoms with E-state index in [2.05, 4.69) is 4.98 Å². The van der Waals surface area contributed by atoms with E-state index in [-0.39, 0.29) is 11.1 Å². The van der Waals surface area contributed by atoms with Crippen LogP contribution in [0.4, 0.5) is 4.39 Å². The molecular formula is C15H16ClFN2O. The van der Waals surface area contributed by atoms with E-state index in [1.54, 1.807) is 30.6 Å². The second-order valence-electron chi connectivity index (χ2n) is 4.74. The fourth-order valence-corrected chi connectivity index (χ4v) is 2.13. The fourth-order valence-electron chi connectivity index (χ4n) is 1.88. The summed E-state index contributed by atoms with van der Waals surface area (Å²) in [6.07, 6.45) is 3.28. The Morgan fingerprint density at radius 3 is 2.75 bits per heavy atom. The first kappa shape index (κ1) is 14.8. The predicted molar refractivity (Wildman–Crippen MR) is 77.4 cm³/mol. The average molecular weight is 295 g/mol. The zero-order valence-corrected chi connectivity index (χ0v) is 12.1. The van der Waals surface area contributed by atoms with Crippen molar-refractivity contribution in [2.75, 3.05) is 0 Å². The molecular weight excluding hydrogens is 279 g/mol. The Morgan fingerprint density at radius 1 is 1.30 bits per heavy atom. The van der Waals surface area contributed by atoms with Gasteiger partial charge in [0.15, 0.2) is 0 Å². The SMILES string of the molecule is CC(C)Oc1cncc(C(N)c2cccc(F)c2Cl)c1. The highest BCUT2D eigenvalue weighted by molar-refractivity contribution is 6.31. The lowest BCUT2D eigenvalue weighted by molar-refractivity contribution is 0.241. The van der Waals surface area contributed by atoms with E-state index in [9.17, 15) is 4.39 Å². The molecule has 1 unspecified atom stereocenters. The number of hydrogen-bond donors (Lipinski definition) is 1. The third-order valence-electron chi connectivity index (χ3n) is 2.78. The monoisotopic (exact) mass is 294 g/mol. The number of hydrogen-bond acceptors (Lipinski definition) is 3. The molecule has 2 aromatic rings. The normalized spacial score (nSPS) is 12.5. The first-order valence-electron chi connectivity index (χ1n) is 6.30. The molecule has 0 amide bonds. The highest BCUT2D eigenvalue weighted by Gasteiger charge is 2.16. The van der Waals surface area contributed by atoms with Gasteiger partial charge in [0, 0.05) is 6.20 Å². The molecule has 2 N–H and O–H groups in total. The van der Waals surface area contributed by atoms with Gasteiger partial charge in [-0.15, -0.1) is 0 Å². The highest BCUT2D eigenvalue weighted by atomic mass is 35.5. The molecule has 0 aliphatic carbocycles. The maximum Gasteiger partial charge on any atom is 0.142 e. The van der Waals surface area contributed by atoms with Crippen molar-refractivity contribution >= 4 is 11.6 Å². The molecule has 1 aromatic heterocycles. The summed E-state index contributed by atoms with van der Waals surface area (Å²) < 4.78 is 19.0. The van der Waals surface area contributed by atoms with E-state index in [4.69, 9.17) is 22.1 Å². The molecule has 0 saturated heterocycles. The van der Waals surface area contributed by atoms with Crippen molar-refractivity contribution in [3.05, 3.63) is 58.6 Å². The molecule has 5 heteroatoms. The zero-order valence-electron chi connectivity index (χ0n) is 11.3. The second kappa shape index (κ2) is 6.20. The van der Waals surface area contributed by atoms with Crippen LogP contribution in [0.5, 0.6) is 5.75 Å². The lowest BCUT2D eigenvalue weighted by atomic mass is 10.0. The predicted octanol–water partition coefficient (Wildman–Crippen LogP) is 3.71. The summed E-state index contributed by atoms with van der Waals surface area (Å²) in [5.74, 6) is 0.141. The van der Waals surface area contributed by atoms with Crippen molar-refractivity contribution < 1.29 is 9.13 Å². The molecule has 0 radical (unpaired) electrons. The van der Waals surface area contributed by atoms with Gasteiger partial charge in [0.1, 0.15) is 11.6 Å². The van der Waals surface area contributed by atoms with Crippen LogP contribution in [0.3, 0.4) is 0 Å². The van der Waals surface area contributed by atoms with E-state index in [0.717, 1.165) is 5.56 Å². The van der Waals surface area contributed by atoms with Crippen molar-refractivity contribution in [3.8, 4) is 5.75 Å². The minimum Gasteiger partial charge on any atom is -0.489 e. The van der Waals surface area contributed by atoms with Gasteiger partial charge >= 0.3 is 0 Å². The van der Waals surface area contributed by atoms with Crippen LogP contribution in [0, 0.1) is 5.82 Å². The van der Waals surface area contributed by atoms with Crippen LogP contribution in [0.2, 0.25) is 5.02 Å². The van der Waals surface area contributed by atoms with Gasteiger partial charge in [0.25, 0.3) is 0 Å². The first-order valence-corrected chi connectivity index (χ1v) is 6.68. The fraction of sp³-hybridized carbons (Fsp3) is 0.267. The largest absolute Gasteiger partial charge is 0.489 e. The van der Waals surface area contributed by atoms with Crippen LogP contribution in [0.25, 0.3) is 0 Å². The molecule has 1 aromatic carbocycles. The Balaban J connectivity index is 2.33. The second-order valence-corrected chi connectivity index (χ2v) is 5.12. The summed E-state index contributed by atoms with van der Waals surface area (Å²) in [5.41, 5.74) is 7.38. The molecule has 106 valence electrons. The van der Waals surface area contributed by atoms with Gasteiger partial charge in [0.2, 0.25) is 0 Å². The Labute approximate surface area is 122 Å². The summed E-state index contributed by atoms with van der Waals surface area (Å²) >= 11 is 5.96. The number of halogens is 2. The van der Waals surface area contributed by atoms with Crippen LogP contribution in [0.1, 0.15) is 31.0 Å². The van der Waals surface area contributed by atoms with Gasteiger partial charge in [-0.2, -0.15) is 0 Å². The van der Waals surface area contributed by atoms with Gasteiger partial charge in [-0.25, -0.2) is 4.39 Å². The topological polar surface area (TPSA) is 48.1 Å². The molecule has 0 aliphatic rings. The van der Waals surface area contributed by atoms with Crippen molar-refractivity contribution in [1.82, 2.24) is 4.98 Å². The lowest BCUT2D eigenvalue weighted by Gasteiger charge is -2.16. The van der Waals surface area contributed by atoms with Crippen LogP contribution in [-0.2, 0) is 0 Å². The first-order chi connectivity index (χ1) is 9.49. The number of nitrogens with zero attached hydrogens (tertiary/aromatic N) is 1. The molecule has 0 bridgehead atoms. The number of aromatic nitrogens is 1. The zero-order chi connectivity index (χ0) is 14.7. The van der Waals surface area contributed by atoms with E-state index in [1.165, 1.54) is 6.07 Å². The quantitative estimate of drug-likeness (QED) is 0.935. The number of rotatable bonds is 4. The molecule has 0 saturated carbocycles. The number of benzene rings is 1. The van der Waals surface area contributed by atoms with Gasteiger partial charge in [-0.05, 0) is 37.1 Å². The summed E-state index contributed by atoms with van der Waals surface area (Å²) in [7, 11) is 0. The molecule has 1 heterocycles. The van der Waals surface area contributed by atoms with Crippen LogP contribution < -0.4 is 10.5 Å². The van der Waals surface area contributed by atoms with Crippen LogP contribution in [0.15, 0.2) is 36.7 Å². The lowest BCUT2D eigenvalue weighted by Crippen LogP contribution is -2.14. The van der Waals surface area contributed by atoms with Crippen molar-refractivity contribution in [1.29, 1.82) is 0 Å². The van der Waals surface area contributed by atoms with E-state index >= 15 is 0 Å². The molecule has 20 heavy (non-hydrogen) atoms. The van der Waals surface area contributed by atoms with Crippen LogP contribution >= 0.6 is 11.6 Å². The minimum absolute atomic E-state index is 0.0372. The third kappa shape index (κ3) is 3.26. The molecule has 1 atom stereocenters. The molecule has 2 rings (SSSR count). The summed E-state index contributed by atoms with van der Waals surface area (Å²) in [6.45, 7) is 3.85. The maximum atomic E-state index is 13.5. The average Bonchev–Trinajstić information content (AvgIpc) is 2.41. The van der Waals surface area contributed by atoms with Crippen molar-refractivity contribution in [2.24, 2.45) is 5.73 Å². The van der Waals surface area contributed by atoms with Gasteiger partial charge in [-0.3, -0.25) is 4.98 Å². The Morgan fingerprint density at radius 2 is 2.05 bits per heavy atom. The Kier molecular flexibility index (Phi) is 4.57. The molecule has 3 nitrogen and oxygen atoms in total. The maximum absolute atomic E-state index is 13.5. The van der Waals surface area contributed by atoms with Gasteiger partial charge in [-0.1, -0.05) is 23.7 Å².